The molecule has 2 atom stereocenters. The van der Waals surface area contributed by atoms with Gasteiger partial charge in [0.15, 0.2) is 0 Å². The molecule has 0 unspecified atom stereocenters. The van der Waals surface area contributed by atoms with E-state index in [4.69, 9.17) is 16.9 Å². The first-order chi connectivity index (χ1) is 9.19. The molecule has 0 amide bonds. The van der Waals surface area contributed by atoms with Gasteiger partial charge in [0, 0.05) is 10.9 Å². The number of benzene rings is 2. The van der Waals surface area contributed by atoms with E-state index < -0.39 is 0 Å². The second-order valence-electron chi connectivity index (χ2n) is 5.24. The zero-order valence-corrected chi connectivity index (χ0v) is 11.5. The highest BCUT2D eigenvalue weighted by Gasteiger charge is 2.30. The molecule has 1 nitrogen and oxygen atoms in total. The van der Waals surface area contributed by atoms with Gasteiger partial charge in [0.25, 0.3) is 0 Å². The van der Waals surface area contributed by atoms with Gasteiger partial charge in [-0.25, -0.2) is 0 Å². The maximum atomic E-state index is 9.06. The van der Waals surface area contributed by atoms with Crippen molar-refractivity contribution in [1.29, 1.82) is 5.26 Å². The number of hydrogen-bond donors (Lipinski definition) is 0. The van der Waals surface area contributed by atoms with E-state index in [9.17, 15) is 0 Å². The molecule has 0 spiro atoms. The van der Waals surface area contributed by atoms with Crippen LogP contribution in [-0.4, -0.2) is 0 Å². The lowest BCUT2D eigenvalue weighted by atomic mass is 9.87. The van der Waals surface area contributed by atoms with Crippen LogP contribution in [0.15, 0.2) is 42.5 Å². The maximum Gasteiger partial charge on any atom is 0.0991 e. The molecule has 94 valence electrons. The summed E-state index contributed by atoms with van der Waals surface area (Å²) in [5.41, 5.74) is 4.69. The van der Waals surface area contributed by atoms with Gasteiger partial charge in [-0.15, -0.1) is 0 Å². The van der Waals surface area contributed by atoms with Crippen molar-refractivity contribution in [3.8, 4) is 6.07 Å². The van der Waals surface area contributed by atoms with Crippen molar-refractivity contribution in [2.45, 2.75) is 19.3 Å². The molecule has 0 fully saturated rings. The van der Waals surface area contributed by atoms with E-state index in [0.29, 0.717) is 11.8 Å². The Morgan fingerprint density at radius 3 is 2.58 bits per heavy atom. The highest BCUT2D eigenvalue weighted by atomic mass is 35.5. The average Bonchev–Trinajstić information content (AvgIpc) is 2.75. The standard InChI is InChI=1S/C17H14ClN/c1-11-8-14-3-2-12(10-19)9-16(14)17(11)13-4-6-15(18)7-5-13/h2-7,9,11,17H,8H2,1H3/t11-,17-/m0/s1. The molecule has 2 aromatic carbocycles. The zero-order valence-electron chi connectivity index (χ0n) is 10.7. The summed E-state index contributed by atoms with van der Waals surface area (Å²) in [6.45, 7) is 2.27. The monoisotopic (exact) mass is 267 g/mol. The molecule has 19 heavy (non-hydrogen) atoms. The lowest BCUT2D eigenvalue weighted by Gasteiger charge is -2.17. The second-order valence-corrected chi connectivity index (χ2v) is 5.67. The van der Waals surface area contributed by atoms with Crippen LogP contribution in [-0.2, 0) is 6.42 Å². The fourth-order valence-corrected chi connectivity index (χ4v) is 3.22. The normalized spacial score (nSPS) is 20.9. The Morgan fingerprint density at radius 1 is 1.16 bits per heavy atom. The van der Waals surface area contributed by atoms with Crippen LogP contribution < -0.4 is 0 Å². The van der Waals surface area contributed by atoms with Crippen LogP contribution in [0.4, 0.5) is 0 Å². The van der Waals surface area contributed by atoms with Gasteiger partial charge in [-0.05, 0) is 53.3 Å². The van der Waals surface area contributed by atoms with E-state index in [1.807, 2.05) is 24.3 Å². The lowest BCUT2D eigenvalue weighted by molar-refractivity contribution is 0.557. The number of rotatable bonds is 1. The minimum absolute atomic E-state index is 0.376. The van der Waals surface area contributed by atoms with Gasteiger partial charge < -0.3 is 0 Å². The number of nitrogens with zero attached hydrogens (tertiary/aromatic N) is 1. The minimum Gasteiger partial charge on any atom is -0.192 e. The molecule has 0 N–H and O–H groups in total. The van der Waals surface area contributed by atoms with Crippen molar-refractivity contribution in [2.24, 2.45) is 5.92 Å². The van der Waals surface area contributed by atoms with Crippen molar-refractivity contribution in [3.63, 3.8) is 0 Å². The predicted molar refractivity (Wildman–Crippen MR) is 77.3 cm³/mol. The summed E-state index contributed by atoms with van der Waals surface area (Å²) in [4.78, 5) is 0. The van der Waals surface area contributed by atoms with Gasteiger partial charge in [0.05, 0.1) is 11.6 Å². The van der Waals surface area contributed by atoms with Crippen molar-refractivity contribution >= 4 is 11.6 Å². The molecule has 2 heteroatoms. The molecule has 0 radical (unpaired) electrons. The maximum absolute atomic E-state index is 9.06. The fraction of sp³-hybridized carbons (Fsp3) is 0.235. The molecular formula is C17H14ClN. The Hall–Kier alpha value is -1.78. The van der Waals surface area contributed by atoms with Gasteiger partial charge >= 0.3 is 0 Å². The Balaban J connectivity index is 2.09. The summed E-state index contributed by atoms with van der Waals surface area (Å²) in [5, 5.41) is 9.82. The number of hydrogen-bond acceptors (Lipinski definition) is 1. The summed E-state index contributed by atoms with van der Waals surface area (Å²) in [6.07, 6.45) is 1.08. The van der Waals surface area contributed by atoms with Gasteiger partial charge in [-0.2, -0.15) is 5.26 Å². The van der Waals surface area contributed by atoms with Gasteiger partial charge in [-0.3, -0.25) is 0 Å². The molecular weight excluding hydrogens is 254 g/mol. The van der Waals surface area contributed by atoms with Gasteiger partial charge in [0.1, 0.15) is 0 Å². The highest BCUT2D eigenvalue weighted by Crippen LogP contribution is 2.42. The Bertz CT molecular complexity index is 652. The van der Waals surface area contributed by atoms with E-state index in [1.54, 1.807) is 0 Å². The van der Waals surface area contributed by atoms with Gasteiger partial charge in [-0.1, -0.05) is 36.7 Å². The molecule has 0 saturated carbocycles. The molecule has 0 saturated heterocycles. The third-order valence-electron chi connectivity index (χ3n) is 3.95. The predicted octanol–water partition coefficient (Wildman–Crippen LogP) is 4.54. The quantitative estimate of drug-likeness (QED) is 0.744. The Morgan fingerprint density at radius 2 is 1.89 bits per heavy atom. The first-order valence-corrected chi connectivity index (χ1v) is 6.85. The van der Waals surface area contributed by atoms with E-state index in [-0.39, 0.29) is 0 Å². The average molecular weight is 268 g/mol. The summed E-state index contributed by atoms with van der Waals surface area (Å²) in [5.74, 6) is 0.936. The smallest absolute Gasteiger partial charge is 0.0991 e. The van der Waals surface area contributed by atoms with Crippen molar-refractivity contribution in [1.82, 2.24) is 0 Å². The zero-order chi connectivity index (χ0) is 13.4. The van der Waals surface area contributed by atoms with E-state index in [2.05, 4.69) is 31.2 Å². The molecule has 3 rings (SSSR count). The highest BCUT2D eigenvalue weighted by molar-refractivity contribution is 6.30. The first kappa shape index (κ1) is 12.3. The van der Waals surface area contributed by atoms with E-state index >= 15 is 0 Å². The van der Waals surface area contributed by atoms with Crippen LogP contribution in [0, 0.1) is 17.2 Å². The summed E-state index contributed by atoms with van der Waals surface area (Å²) < 4.78 is 0. The largest absolute Gasteiger partial charge is 0.192 e. The van der Waals surface area contributed by atoms with Crippen molar-refractivity contribution < 1.29 is 0 Å². The van der Waals surface area contributed by atoms with Crippen molar-refractivity contribution in [2.75, 3.05) is 0 Å². The number of nitriles is 1. The third kappa shape index (κ3) is 2.13. The summed E-state index contributed by atoms with van der Waals surface area (Å²) in [7, 11) is 0. The van der Waals surface area contributed by atoms with Crippen LogP contribution >= 0.6 is 11.6 Å². The van der Waals surface area contributed by atoms with E-state index in [0.717, 1.165) is 17.0 Å². The lowest BCUT2D eigenvalue weighted by Crippen LogP contribution is -2.05. The summed E-state index contributed by atoms with van der Waals surface area (Å²) in [6, 6.07) is 16.4. The first-order valence-electron chi connectivity index (χ1n) is 6.47. The van der Waals surface area contributed by atoms with Crippen LogP contribution in [0.1, 0.15) is 35.1 Å². The van der Waals surface area contributed by atoms with E-state index in [1.165, 1.54) is 16.7 Å². The topological polar surface area (TPSA) is 23.8 Å². The molecule has 1 aliphatic carbocycles. The van der Waals surface area contributed by atoms with Gasteiger partial charge in [0.2, 0.25) is 0 Å². The molecule has 0 heterocycles. The Labute approximate surface area is 118 Å². The molecule has 0 aliphatic heterocycles. The molecule has 1 aliphatic rings. The summed E-state index contributed by atoms with van der Waals surface area (Å²) >= 11 is 5.96. The molecule has 0 bridgehead atoms. The SMILES string of the molecule is C[C@H]1Cc2ccc(C#N)cc2[C@@H]1c1ccc(Cl)cc1. The van der Waals surface area contributed by atoms with Crippen LogP contribution in [0.2, 0.25) is 5.02 Å². The van der Waals surface area contributed by atoms with Crippen molar-refractivity contribution in [3.05, 3.63) is 69.7 Å². The number of halogens is 1. The third-order valence-corrected chi connectivity index (χ3v) is 4.20. The minimum atomic E-state index is 0.376. The van der Waals surface area contributed by atoms with Crippen LogP contribution in [0.3, 0.4) is 0 Å². The molecule has 2 aromatic rings. The Kier molecular flexibility index (Phi) is 3.05. The molecule has 0 aromatic heterocycles. The number of fused-ring (bicyclic) bond motifs is 1. The second kappa shape index (κ2) is 4.72. The van der Waals surface area contributed by atoms with Crippen LogP contribution in [0.25, 0.3) is 0 Å². The fourth-order valence-electron chi connectivity index (χ4n) is 3.09. The van der Waals surface area contributed by atoms with Crippen LogP contribution in [0.5, 0.6) is 0 Å².